The summed E-state index contributed by atoms with van der Waals surface area (Å²) in [6.45, 7) is 4.49. The van der Waals surface area contributed by atoms with E-state index in [1.807, 2.05) is 0 Å². The van der Waals surface area contributed by atoms with Gasteiger partial charge in [-0.25, -0.2) is 0 Å². The molecule has 0 atom stereocenters. The molecule has 64 valence electrons. The zero-order valence-corrected chi connectivity index (χ0v) is 6.75. The number of aliphatic hydroxyl groups is 1. The van der Waals surface area contributed by atoms with Crippen LogP contribution < -0.4 is 0 Å². The molecule has 1 aliphatic carbocycles. The van der Waals surface area contributed by atoms with E-state index in [0.717, 1.165) is 45.7 Å². The van der Waals surface area contributed by atoms with Gasteiger partial charge in [0.25, 0.3) is 0 Å². The Labute approximate surface area is 66.9 Å². The largest absolute Gasteiger partial charge is 0.389 e. The van der Waals surface area contributed by atoms with Crippen molar-refractivity contribution >= 4 is 0 Å². The molecule has 3 heteroatoms. The maximum Gasteiger partial charge on any atom is 0.0776 e. The molecule has 1 saturated carbocycles. The van der Waals surface area contributed by atoms with E-state index in [1.54, 1.807) is 0 Å². The second kappa shape index (κ2) is 2.73. The van der Waals surface area contributed by atoms with E-state index < -0.39 is 0 Å². The van der Waals surface area contributed by atoms with E-state index in [9.17, 15) is 5.11 Å². The number of hydrogen-bond acceptors (Lipinski definition) is 3. The van der Waals surface area contributed by atoms with Crippen LogP contribution in [0, 0.1) is 0 Å². The third-order valence-corrected chi connectivity index (χ3v) is 2.45. The first kappa shape index (κ1) is 7.53. The predicted octanol–water partition coefficient (Wildman–Crippen LogP) is -0.157. The van der Waals surface area contributed by atoms with Crippen molar-refractivity contribution in [3.8, 4) is 0 Å². The van der Waals surface area contributed by atoms with Crippen LogP contribution in [0.3, 0.4) is 0 Å². The highest BCUT2D eigenvalue weighted by molar-refractivity contribution is 4.96. The van der Waals surface area contributed by atoms with Gasteiger partial charge >= 0.3 is 0 Å². The fourth-order valence-corrected chi connectivity index (χ4v) is 1.48. The lowest BCUT2D eigenvalue weighted by Crippen LogP contribution is -2.41. The summed E-state index contributed by atoms with van der Waals surface area (Å²) in [6.07, 6.45) is 1.98. The number of rotatable bonds is 2. The van der Waals surface area contributed by atoms with E-state index in [0.29, 0.717) is 0 Å². The Morgan fingerprint density at radius 2 is 1.91 bits per heavy atom. The van der Waals surface area contributed by atoms with Gasteiger partial charge in [0.1, 0.15) is 0 Å². The first-order chi connectivity index (χ1) is 5.29. The van der Waals surface area contributed by atoms with Gasteiger partial charge in [0.05, 0.1) is 18.8 Å². The van der Waals surface area contributed by atoms with Crippen molar-refractivity contribution in [2.45, 2.75) is 18.4 Å². The van der Waals surface area contributed by atoms with E-state index in [4.69, 9.17) is 4.74 Å². The molecule has 11 heavy (non-hydrogen) atoms. The molecule has 2 rings (SSSR count). The average molecular weight is 157 g/mol. The Bertz CT molecular complexity index is 139. The van der Waals surface area contributed by atoms with Gasteiger partial charge in [-0.15, -0.1) is 0 Å². The summed E-state index contributed by atoms with van der Waals surface area (Å²) in [5.74, 6) is 0. The molecule has 0 aromatic rings. The Morgan fingerprint density at radius 1 is 1.27 bits per heavy atom. The van der Waals surface area contributed by atoms with Crippen LogP contribution in [-0.4, -0.2) is 48.5 Å². The minimum Gasteiger partial charge on any atom is -0.389 e. The van der Waals surface area contributed by atoms with Crippen molar-refractivity contribution < 1.29 is 9.84 Å². The number of hydrogen-bond donors (Lipinski definition) is 1. The first-order valence-electron chi connectivity index (χ1n) is 4.31. The van der Waals surface area contributed by atoms with Crippen LogP contribution in [0.15, 0.2) is 0 Å². The molecular weight excluding hydrogens is 142 g/mol. The number of nitrogens with zero attached hydrogens (tertiary/aromatic N) is 1. The molecule has 1 N–H and O–H groups in total. The molecule has 0 amide bonds. The molecule has 2 aliphatic rings. The normalized spacial score (nSPS) is 30.3. The van der Waals surface area contributed by atoms with Gasteiger partial charge in [0, 0.05) is 19.6 Å². The Kier molecular flexibility index (Phi) is 1.87. The van der Waals surface area contributed by atoms with Gasteiger partial charge < -0.3 is 9.84 Å². The summed E-state index contributed by atoms with van der Waals surface area (Å²) >= 11 is 0. The van der Waals surface area contributed by atoms with E-state index >= 15 is 0 Å². The number of β-amino-alcohol motifs (C(OH)–C–C–N with tert-alkyl or cyclic N) is 1. The SMILES string of the molecule is OC1(CN2CCOCC2)CC1. The van der Waals surface area contributed by atoms with Gasteiger partial charge in [-0.05, 0) is 12.8 Å². The third kappa shape index (κ3) is 1.92. The van der Waals surface area contributed by atoms with Crippen molar-refractivity contribution in [1.82, 2.24) is 4.90 Å². The average Bonchev–Trinajstić information content (AvgIpc) is 2.70. The van der Waals surface area contributed by atoms with Crippen molar-refractivity contribution in [2.75, 3.05) is 32.8 Å². The van der Waals surface area contributed by atoms with Gasteiger partial charge in [-0.3, -0.25) is 4.90 Å². The Balaban J connectivity index is 1.76. The van der Waals surface area contributed by atoms with E-state index in [-0.39, 0.29) is 5.60 Å². The van der Waals surface area contributed by atoms with Crippen molar-refractivity contribution in [2.24, 2.45) is 0 Å². The lowest BCUT2D eigenvalue weighted by Gasteiger charge is -2.28. The first-order valence-corrected chi connectivity index (χ1v) is 4.31. The van der Waals surface area contributed by atoms with Gasteiger partial charge in [0.2, 0.25) is 0 Å². The van der Waals surface area contributed by atoms with Crippen LogP contribution in [0.2, 0.25) is 0 Å². The van der Waals surface area contributed by atoms with Crippen molar-refractivity contribution in [3.05, 3.63) is 0 Å². The lowest BCUT2D eigenvalue weighted by molar-refractivity contribution is 0.00824. The smallest absolute Gasteiger partial charge is 0.0776 e. The van der Waals surface area contributed by atoms with Crippen LogP contribution >= 0.6 is 0 Å². The molecule has 0 aromatic carbocycles. The second-order valence-electron chi connectivity index (χ2n) is 3.61. The molecule has 1 aliphatic heterocycles. The van der Waals surface area contributed by atoms with Gasteiger partial charge in [0.15, 0.2) is 0 Å². The molecular formula is C8H15NO2. The third-order valence-electron chi connectivity index (χ3n) is 2.45. The quantitative estimate of drug-likeness (QED) is 0.604. The summed E-state index contributed by atoms with van der Waals surface area (Å²) < 4.78 is 5.21. The minimum atomic E-state index is -0.322. The van der Waals surface area contributed by atoms with Crippen molar-refractivity contribution in [1.29, 1.82) is 0 Å². The monoisotopic (exact) mass is 157 g/mol. The zero-order chi connectivity index (χ0) is 7.73. The highest BCUT2D eigenvalue weighted by Crippen LogP contribution is 2.35. The number of ether oxygens (including phenoxy) is 1. The maximum absolute atomic E-state index is 9.60. The molecule has 0 unspecified atom stereocenters. The van der Waals surface area contributed by atoms with Crippen LogP contribution in [0.1, 0.15) is 12.8 Å². The van der Waals surface area contributed by atoms with E-state index in [2.05, 4.69) is 4.90 Å². The van der Waals surface area contributed by atoms with Crippen LogP contribution in [0.25, 0.3) is 0 Å². The maximum atomic E-state index is 9.60. The van der Waals surface area contributed by atoms with Crippen LogP contribution in [-0.2, 0) is 4.74 Å². The fraction of sp³-hybridized carbons (Fsp3) is 1.00. The molecule has 2 fully saturated rings. The Morgan fingerprint density at radius 3 is 2.45 bits per heavy atom. The molecule has 3 nitrogen and oxygen atoms in total. The van der Waals surface area contributed by atoms with Crippen molar-refractivity contribution in [3.63, 3.8) is 0 Å². The Hall–Kier alpha value is -0.120. The second-order valence-corrected chi connectivity index (χ2v) is 3.61. The lowest BCUT2D eigenvalue weighted by atomic mass is 10.3. The molecule has 0 radical (unpaired) electrons. The minimum absolute atomic E-state index is 0.322. The van der Waals surface area contributed by atoms with E-state index in [1.165, 1.54) is 0 Å². The highest BCUT2D eigenvalue weighted by Gasteiger charge is 2.41. The molecule has 0 bridgehead atoms. The van der Waals surface area contributed by atoms with Crippen LogP contribution in [0.5, 0.6) is 0 Å². The molecule has 0 spiro atoms. The fourth-order valence-electron chi connectivity index (χ4n) is 1.48. The summed E-state index contributed by atoms with van der Waals surface area (Å²) in [5, 5.41) is 9.60. The van der Waals surface area contributed by atoms with Crippen LogP contribution in [0.4, 0.5) is 0 Å². The molecule has 1 saturated heterocycles. The van der Waals surface area contributed by atoms with Gasteiger partial charge in [-0.1, -0.05) is 0 Å². The predicted molar refractivity (Wildman–Crippen MR) is 41.4 cm³/mol. The summed E-state index contributed by atoms with van der Waals surface area (Å²) in [6, 6.07) is 0. The highest BCUT2D eigenvalue weighted by atomic mass is 16.5. The number of morpholine rings is 1. The standard InChI is InChI=1S/C8H15NO2/c10-8(1-2-8)7-9-3-5-11-6-4-9/h10H,1-7H2. The molecule has 1 heterocycles. The topological polar surface area (TPSA) is 32.7 Å². The summed E-state index contributed by atoms with van der Waals surface area (Å²) in [7, 11) is 0. The van der Waals surface area contributed by atoms with Gasteiger partial charge in [-0.2, -0.15) is 0 Å². The molecule has 0 aromatic heterocycles. The summed E-state index contributed by atoms with van der Waals surface area (Å²) in [5.41, 5.74) is -0.322. The summed E-state index contributed by atoms with van der Waals surface area (Å²) in [4.78, 5) is 2.29. The zero-order valence-electron chi connectivity index (χ0n) is 6.75.